The number of alkyl halides is 1. The molecule has 0 spiro atoms. The van der Waals surface area contributed by atoms with Crippen molar-refractivity contribution >= 4 is 22.6 Å². The van der Waals surface area contributed by atoms with Gasteiger partial charge in [0.15, 0.2) is 11.6 Å². The number of fused-ring (bicyclic) bond motifs is 1. The molecule has 2 heterocycles. The fourth-order valence-electron chi connectivity index (χ4n) is 2.95. The van der Waals surface area contributed by atoms with Crippen molar-refractivity contribution in [1.82, 2.24) is 14.5 Å². The van der Waals surface area contributed by atoms with Crippen LogP contribution in [0.5, 0.6) is 0 Å². The van der Waals surface area contributed by atoms with E-state index in [4.69, 9.17) is 11.6 Å². The van der Waals surface area contributed by atoms with Crippen LogP contribution in [-0.4, -0.2) is 40.5 Å². The molecule has 1 aliphatic heterocycles. The highest BCUT2D eigenvalue weighted by Gasteiger charge is 2.27. The van der Waals surface area contributed by atoms with Gasteiger partial charge >= 0.3 is 0 Å². The number of hydrogen-bond acceptors (Lipinski definition) is 2. The first kappa shape index (κ1) is 13.8. The Balaban J connectivity index is 2.19. The van der Waals surface area contributed by atoms with Crippen molar-refractivity contribution in [2.75, 3.05) is 26.0 Å². The van der Waals surface area contributed by atoms with Gasteiger partial charge in [-0.1, -0.05) is 0 Å². The SMILES string of the molecule is CN1CCC(n2c(CCCl)nc3ccc(F)c(F)c32)C1. The van der Waals surface area contributed by atoms with Crippen molar-refractivity contribution in [3.63, 3.8) is 0 Å². The highest BCUT2D eigenvalue weighted by Crippen LogP contribution is 2.30. The molecule has 2 aromatic rings. The van der Waals surface area contributed by atoms with Crippen LogP contribution in [0, 0.1) is 11.6 Å². The van der Waals surface area contributed by atoms with Crippen LogP contribution < -0.4 is 0 Å². The topological polar surface area (TPSA) is 21.1 Å². The number of imidazole rings is 1. The van der Waals surface area contributed by atoms with Crippen molar-refractivity contribution < 1.29 is 8.78 Å². The Morgan fingerprint density at radius 3 is 2.85 bits per heavy atom. The molecule has 3 nitrogen and oxygen atoms in total. The summed E-state index contributed by atoms with van der Waals surface area (Å²) in [5.41, 5.74) is 0.768. The van der Waals surface area contributed by atoms with Crippen molar-refractivity contribution in [1.29, 1.82) is 0 Å². The maximum Gasteiger partial charge on any atom is 0.184 e. The van der Waals surface area contributed by atoms with Gasteiger partial charge in [0.2, 0.25) is 0 Å². The van der Waals surface area contributed by atoms with Crippen molar-refractivity contribution in [2.24, 2.45) is 0 Å². The third-order valence-electron chi connectivity index (χ3n) is 3.87. The van der Waals surface area contributed by atoms with E-state index >= 15 is 0 Å². The van der Waals surface area contributed by atoms with Gasteiger partial charge in [0, 0.05) is 24.9 Å². The average molecular weight is 300 g/mol. The lowest BCUT2D eigenvalue weighted by Gasteiger charge is -2.17. The van der Waals surface area contributed by atoms with E-state index < -0.39 is 11.6 Å². The molecule has 1 fully saturated rings. The van der Waals surface area contributed by atoms with Gasteiger partial charge in [-0.2, -0.15) is 0 Å². The summed E-state index contributed by atoms with van der Waals surface area (Å²) in [6.07, 6.45) is 1.46. The lowest BCUT2D eigenvalue weighted by atomic mass is 10.2. The molecule has 1 unspecified atom stereocenters. The number of nitrogens with zero attached hydrogens (tertiary/aromatic N) is 3. The second-order valence-corrected chi connectivity index (χ2v) is 5.65. The van der Waals surface area contributed by atoms with E-state index in [1.54, 1.807) is 0 Å². The molecule has 0 aliphatic carbocycles. The van der Waals surface area contributed by atoms with E-state index in [0.717, 1.165) is 31.4 Å². The zero-order chi connectivity index (χ0) is 14.3. The Bertz CT molecular complexity index is 641. The average Bonchev–Trinajstić information content (AvgIpc) is 2.98. The molecule has 0 saturated carbocycles. The fraction of sp³-hybridized carbons (Fsp3) is 0.500. The summed E-state index contributed by atoms with van der Waals surface area (Å²) in [6, 6.07) is 2.78. The first-order chi connectivity index (χ1) is 9.61. The lowest BCUT2D eigenvalue weighted by molar-refractivity contribution is 0.391. The maximum atomic E-state index is 14.2. The number of aryl methyl sites for hydroxylation is 1. The second kappa shape index (κ2) is 5.30. The van der Waals surface area contributed by atoms with Crippen LogP contribution in [0.1, 0.15) is 18.3 Å². The highest BCUT2D eigenvalue weighted by atomic mass is 35.5. The summed E-state index contributed by atoms with van der Waals surface area (Å²) in [5, 5.41) is 0. The standard InChI is InChI=1S/C14H16ClF2N3/c1-19-7-5-9(8-19)20-12(4-6-15)18-11-3-2-10(16)13(17)14(11)20/h2-3,9H,4-8H2,1H3. The molecule has 1 aromatic heterocycles. The zero-order valence-corrected chi connectivity index (χ0v) is 12.0. The van der Waals surface area contributed by atoms with Crippen molar-refractivity contribution in [3.8, 4) is 0 Å². The van der Waals surface area contributed by atoms with Gasteiger partial charge in [0.05, 0.1) is 5.52 Å². The summed E-state index contributed by atoms with van der Waals surface area (Å²) in [6.45, 7) is 1.76. The summed E-state index contributed by atoms with van der Waals surface area (Å²) >= 11 is 5.81. The number of benzene rings is 1. The fourth-order valence-corrected chi connectivity index (χ4v) is 3.12. The second-order valence-electron chi connectivity index (χ2n) is 5.27. The van der Waals surface area contributed by atoms with Crippen LogP contribution in [0.4, 0.5) is 8.78 Å². The predicted octanol–water partition coefficient (Wildman–Crippen LogP) is 2.97. The normalized spacial score (nSPS) is 20.1. The van der Waals surface area contributed by atoms with Crippen LogP contribution >= 0.6 is 11.6 Å². The highest BCUT2D eigenvalue weighted by molar-refractivity contribution is 6.17. The third-order valence-corrected chi connectivity index (χ3v) is 4.05. The number of rotatable bonds is 3. The van der Waals surface area contributed by atoms with Gasteiger partial charge in [-0.15, -0.1) is 11.6 Å². The van der Waals surface area contributed by atoms with Gasteiger partial charge < -0.3 is 9.47 Å². The molecule has 0 N–H and O–H groups in total. The minimum absolute atomic E-state index is 0.125. The van der Waals surface area contributed by atoms with Gasteiger partial charge in [-0.25, -0.2) is 13.8 Å². The maximum absolute atomic E-state index is 14.2. The molecule has 1 aliphatic rings. The first-order valence-corrected chi connectivity index (χ1v) is 7.24. The van der Waals surface area contributed by atoms with E-state index in [1.807, 2.05) is 11.6 Å². The molecule has 1 aromatic carbocycles. The molecule has 6 heteroatoms. The van der Waals surface area contributed by atoms with E-state index in [2.05, 4.69) is 9.88 Å². The molecular formula is C14H16ClF2N3. The Hall–Kier alpha value is -1.20. The summed E-state index contributed by atoms with van der Waals surface area (Å²) in [4.78, 5) is 6.61. The number of likely N-dealkylation sites (tertiary alicyclic amines) is 1. The van der Waals surface area contributed by atoms with Gasteiger partial charge in [0.25, 0.3) is 0 Å². The van der Waals surface area contributed by atoms with Crippen LogP contribution in [0.25, 0.3) is 11.0 Å². The molecule has 108 valence electrons. The Morgan fingerprint density at radius 2 is 2.20 bits per heavy atom. The van der Waals surface area contributed by atoms with Crippen LogP contribution in [0.15, 0.2) is 12.1 Å². The number of halogens is 3. The molecular weight excluding hydrogens is 284 g/mol. The van der Waals surface area contributed by atoms with E-state index in [1.165, 1.54) is 6.07 Å². The quantitative estimate of drug-likeness (QED) is 0.813. The van der Waals surface area contributed by atoms with Crippen molar-refractivity contribution in [2.45, 2.75) is 18.9 Å². The largest absolute Gasteiger partial charge is 0.321 e. The van der Waals surface area contributed by atoms with Gasteiger partial charge in [-0.3, -0.25) is 0 Å². The molecule has 20 heavy (non-hydrogen) atoms. The summed E-state index contributed by atoms with van der Waals surface area (Å²) in [7, 11) is 2.03. The molecule has 0 bridgehead atoms. The van der Waals surface area contributed by atoms with Gasteiger partial charge in [-0.05, 0) is 32.1 Å². The summed E-state index contributed by atoms with van der Waals surface area (Å²) in [5.74, 6) is -0.497. The minimum Gasteiger partial charge on any atom is -0.321 e. The van der Waals surface area contributed by atoms with E-state index in [-0.39, 0.29) is 11.6 Å². The van der Waals surface area contributed by atoms with Gasteiger partial charge in [0.1, 0.15) is 11.3 Å². The van der Waals surface area contributed by atoms with Crippen LogP contribution in [0.2, 0.25) is 0 Å². The lowest BCUT2D eigenvalue weighted by Crippen LogP contribution is -2.18. The summed E-state index contributed by atoms with van der Waals surface area (Å²) < 4.78 is 29.6. The number of hydrogen-bond donors (Lipinski definition) is 0. The Kier molecular flexibility index (Phi) is 3.65. The smallest absolute Gasteiger partial charge is 0.184 e. The monoisotopic (exact) mass is 299 g/mol. The van der Waals surface area contributed by atoms with E-state index in [9.17, 15) is 8.78 Å². The first-order valence-electron chi connectivity index (χ1n) is 6.71. The Morgan fingerprint density at radius 1 is 1.40 bits per heavy atom. The molecule has 1 saturated heterocycles. The van der Waals surface area contributed by atoms with Crippen LogP contribution in [-0.2, 0) is 6.42 Å². The van der Waals surface area contributed by atoms with Crippen LogP contribution in [0.3, 0.4) is 0 Å². The zero-order valence-electron chi connectivity index (χ0n) is 11.2. The molecule has 0 amide bonds. The molecule has 3 rings (SSSR count). The van der Waals surface area contributed by atoms with E-state index in [0.29, 0.717) is 17.8 Å². The Labute approximate surface area is 121 Å². The minimum atomic E-state index is -0.831. The number of likely N-dealkylation sites (N-methyl/N-ethyl adjacent to an activating group) is 1. The third kappa shape index (κ3) is 2.19. The number of aromatic nitrogens is 2. The van der Waals surface area contributed by atoms with Crippen molar-refractivity contribution in [3.05, 3.63) is 29.6 Å². The predicted molar refractivity (Wildman–Crippen MR) is 75.2 cm³/mol. The molecule has 0 radical (unpaired) electrons. The molecule has 1 atom stereocenters.